The lowest BCUT2D eigenvalue weighted by Gasteiger charge is -2.34. The van der Waals surface area contributed by atoms with Crippen LogP contribution in [0.4, 0.5) is 5.69 Å². The number of hydrogen-bond donors (Lipinski definition) is 1. The third kappa shape index (κ3) is 5.48. The summed E-state index contributed by atoms with van der Waals surface area (Å²) in [4.78, 5) is 13.3. The lowest BCUT2D eigenvalue weighted by Crippen LogP contribution is -2.46. The number of benzene rings is 2. The van der Waals surface area contributed by atoms with Gasteiger partial charge in [-0.2, -0.15) is 4.31 Å². The minimum Gasteiger partial charge on any atom is -0.325 e. The van der Waals surface area contributed by atoms with Gasteiger partial charge in [0.25, 0.3) is 0 Å². The van der Waals surface area contributed by atoms with Crippen molar-refractivity contribution in [1.29, 1.82) is 0 Å². The first kappa shape index (κ1) is 23.8. The number of sulfonamides is 1. The van der Waals surface area contributed by atoms with Gasteiger partial charge in [0.2, 0.25) is 15.9 Å². The van der Waals surface area contributed by atoms with Crippen LogP contribution < -0.4 is 5.32 Å². The third-order valence-corrected chi connectivity index (χ3v) is 8.35. The highest BCUT2D eigenvalue weighted by Gasteiger charge is 2.35. The zero-order chi connectivity index (χ0) is 22.8. The summed E-state index contributed by atoms with van der Waals surface area (Å²) in [6.45, 7) is 7.25. The highest BCUT2D eigenvalue weighted by atomic mass is 35.5. The average Bonchev–Trinajstić information content (AvgIpc) is 2.68. The van der Waals surface area contributed by atoms with Gasteiger partial charge in [0.05, 0.1) is 11.4 Å². The Morgan fingerprint density at radius 2 is 1.61 bits per heavy atom. The number of halogens is 1. The molecule has 5 nitrogen and oxygen atoms in total. The fourth-order valence-electron chi connectivity index (χ4n) is 4.57. The smallest absolute Gasteiger partial charge is 0.244 e. The largest absolute Gasteiger partial charge is 0.325 e. The number of nitrogens with one attached hydrogen (secondary N) is 1. The van der Waals surface area contributed by atoms with Crippen LogP contribution in [-0.4, -0.2) is 31.2 Å². The standard InChI is InChI=1S/C24H31ClN2O3S/c1-16-12-18(3)24(19(4)13-16)31(29,30)27(21-8-6-5-7-9-21)15-23(28)26-22-11-10-20(25)14-17(22)2/h10-14,21H,5-9,15H2,1-4H3,(H,26,28). The van der Waals surface area contributed by atoms with Crippen molar-refractivity contribution in [3.8, 4) is 0 Å². The summed E-state index contributed by atoms with van der Waals surface area (Å²) in [6.07, 6.45) is 4.59. The van der Waals surface area contributed by atoms with Crippen LogP contribution in [0.1, 0.15) is 54.4 Å². The molecule has 1 saturated carbocycles. The molecule has 1 aliphatic carbocycles. The van der Waals surface area contributed by atoms with Gasteiger partial charge in [0, 0.05) is 16.8 Å². The summed E-state index contributed by atoms with van der Waals surface area (Å²) in [6, 6.07) is 8.82. The average molecular weight is 463 g/mol. The predicted octanol–water partition coefficient (Wildman–Crippen LogP) is 5.54. The van der Waals surface area contributed by atoms with E-state index >= 15 is 0 Å². The number of rotatable bonds is 6. The molecule has 2 aromatic rings. The zero-order valence-corrected chi connectivity index (χ0v) is 20.2. The van der Waals surface area contributed by atoms with Crippen molar-refractivity contribution in [3.63, 3.8) is 0 Å². The van der Waals surface area contributed by atoms with Gasteiger partial charge < -0.3 is 5.32 Å². The van der Waals surface area contributed by atoms with Gasteiger partial charge in [0.15, 0.2) is 0 Å². The fourth-order valence-corrected chi connectivity index (χ4v) is 6.85. The topological polar surface area (TPSA) is 66.5 Å². The second-order valence-electron chi connectivity index (χ2n) is 8.58. The van der Waals surface area contributed by atoms with E-state index in [1.807, 2.05) is 39.8 Å². The van der Waals surface area contributed by atoms with E-state index in [2.05, 4.69) is 5.32 Å². The highest BCUT2D eigenvalue weighted by molar-refractivity contribution is 7.89. The summed E-state index contributed by atoms with van der Waals surface area (Å²) < 4.78 is 29.1. The molecule has 1 fully saturated rings. The van der Waals surface area contributed by atoms with E-state index in [4.69, 9.17) is 11.6 Å². The second kappa shape index (κ2) is 9.72. The molecule has 3 rings (SSSR count). The van der Waals surface area contributed by atoms with Crippen LogP contribution in [-0.2, 0) is 14.8 Å². The van der Waals surface area contributed by atoms with E-state index < -0.39 is 10.0 Å². The van der Waals surface area contributed by atoms with Crippen LogP contribution >= 0.6 is 11.6 Å². The monoisotopic (exact) mass is 462 g/mol. The Bertz CT molecular complexity index is 1050. The quantitative estimate of drug-likeness (QED) is 0.613. The number of aryl methyl sites for hydroxylation is 4. The minimum atomic E-state index is -3.83. The van der Waals surface area contributed by atoms with Gasteiger partial charge in [-0.25, -0.2) is 8.42 Å². The van der Waals surface area contributed by atoms with Gasteiger partial charge in [-0.05, 0) is 75.4 Å². The van der Waals surface area contributed by atoms with E-state index in [0.717, 1.165) is 43.2 Å². The zero-order valence-electron chi connectivity index (χ0n) is 18.7. The van der Waals surface area contributed by atoms with Crippen LogP contribution in [0, 0.1) is 27.7 Å². The van der Waals surface area contributed by atoms with Crippen LogP contribution in [0.5, 0.6) is 0 Å². The third-order valence-electron chi connectivity index (χ3n) is 5.92. The molecule has 168 valence electrons. The molecule has 2 aromatic carbocycles. The van der Waals surface area contributed by atoms with Crippen LogP contribution in [0.25, 0.3) is 0 Å². The lowest BCUT2D eigenvalue weighted by atomic mass is 9.95. The van der Waals surface area contributed by atoms with Crippen molar-refractivity contribution >= 4 is 33.2 Å². The van der Waals surface area contributed by atoms with Crippen LogP contribution in [0.15, 0.2) is 35.2 Å². The molecule has 0 aliphatic heterocycles. The van der Waals surface area contributed by atoms with Crippen molar-refractivity contribution in [2.45, 2.75) is 70.7 Å². The van der Waals surface area contributed by atoms with E-state index in [0.29, 0.717) is 26.7 Å². The van der Waals surface area contributed by atoms with Crippen molar-refractivity contribution in [2.24, 2.45) is 0 Å². The number of carbonyl (C=O) groups is 1. The van der Waals surface area contributed by atoms with E-state index in [1.165, 1.54) is 4.31 Å². The molecule has 0 unspecified atom stereocenters. The van der Waals surface area contributed by atoms with Crippen molar-refractivity contribution in [3.05, 3.63) is 57.6 Å². The normalized spacial score (nSPS) is 15.3. The summed E-state index contributed by atoms with van der Waals surface area (Å²) in [5, 5.41) is 3.46. The molecular weight excluding hydrogens is 432 g/mol. The van der Waals surface area contributed by atoms with Gasteiger partial charge in [-0.1, -0.05) is 48.6 Å². The molecule has 0 atom stereocenters. The fraction of sp³-hybridized carbons (Fsp3) is 0.458. The molecule has 0 saturated heterocycles. The number of amides is 1. The van der Waals surface area contributed by atoms with Crippen LogP contribution in [0.2, 0.25) is 5.02 Å². The first-order chi connectivity index (χ1) is 14.6. The van der Waals surface area contributed by atoms with Crippen molar-refractivity contribution in [2.75, 3.05) is 11.9 Å². The molecule has 7 heteroatoms. The van der Waals surface area contributed by atoms with E-state index in [-0.39, 0.29) is 18.5 Å². The summed E-state index contributed by atoms with van der Waals surface area (Å²) >= 11 is 6.01. The van der Waals surface area contributed by atoms with Gasteiger partial charge >= 0.3 is 0 Å². The molecular formula is C24H31ClN2O3S. The lowest BCUT2D eigenvalue weighted by molar-refractivity contribution is -0.116. The van der Waals surface area contributed by atoms with Crippen molar-refractivity contribution in [1.82, 2.24) is 4.31 Å². The maximum Gasteiger partial charge on any atom is 0.244 e. The number of nitrogens with zero attached hydrogens (tertiary/aromatic N) is 1. The Hall–Kier alpha value is -1.89. The molecule has 1 N–H and O–H groups in total. The van der Waals surface area contributed by atoms with E-state index in [9.17, 15) is 13.2 Å². The summed E-state index contributed by atoms with van der Waals surface area (Å²) in [7, 11) is -3.83. The first-order valence-electron chi connectivity index (χ1n) is 10.8. The maximum atomic E-state index is 13.8. The Balaban J connectivity index is 1.94. The molecule has 1 amide bonds. The first-order valence-corrected chi connectivity index (χ1v) is 12.6. The second-order valence-corrected chi connectivity index (χ2v) is 10.8. The predicted molar refractivity (Wildman–Crippen MR) is 126 cm³/mol. The summed E-state index contributed by atoms with van der Waals surface area (Å²) in [5.74, 6) is -0.345. The highest BCUT2D eigenvalue weighted by Crippen LogP contribution is 2.31. The van der Waals surface area contributed by atoms with Crippen LogP contribution in [0.3, 0.4) is 0 Å². The summed E-state index contributed by atoms with van der Waals surface area (Å²) in [5.41, 5.74) is 3.92. The Kier molecular flexibility index (Phi) is 7.45. The molecule has 0 heterocycles. The van der Waals surface area contributed by atoms with Gasteiger partial charge in [0.1, 0.15) is 0 Å². The van der Waals surface area contributed by atoms with Gasteiger partial charge in [-0.15, -0.1) is 0 Å². The van der Waals surface area contributed by atoms with Crippen molar-refractivity contribution < 1.29 is 13.2 Å². The number of hydrogen-bond acceptors (Lipinski definition) is 3. The van der Waals surface area contributed by atoms with E-state index in [1.54, 1.807) is 18.2 Å². The molecule has 0 bridgehead atoms. The molecule has 0 aromatic heterocycles. The Morgan fingerprint density at radius 3 is 2.19 bits per heavy atom. The maximum absolute atomic E-state index is 13.8. The Morgan fingerprint density at radius 1 is 1.00 bits per heavy atom. The molecule has 0 spiro atoms. The molecule has 0 radical (unpaired) electrons. The SMILES string of the molecule is Cc1cc(C)c(S(=O)(=O)N(CC(=O)Nc2ccc(Cl)cc2C)C2CCCCC2)c(C)c1. The number of carbonyl (C=O) groups excluding carboxylic acids is 1. The minimum absolute atomic E-state index is 0.170. The Labute approximate surface area is 190 Å². The number of anilines is 1. The van der Waals surface area contributed by atoms with Gasteiger partial charge in [-0.3, -0.25) is 4.79 Å². The molecule has 31 heavy (non-hydrogen) atoms. The molecule has 1 aliphatic rings.